The van der Waals surface area contributed by atoms with Crippen molar-refractivity contribution in [3.05, 3.63) is 57.0 Å². The quantitative estimate of drug-likeness (QED) is 0.607. The Morgan fingerprint density at radius 2 is 1.88 bits per heavy atom. The lowest BCUT2D eigenvalue weighted by atomic mass is 9.97. The Kier molecular flexibility index (Phi) is 6.00. The fourth-order valence-electron chi connectivity index (χ4n) is 3.72. The molecule has 1 aliphatic carbocycles. The first-order chi connectivity index (χ1) is 15.2. The van der Waals surface area contributed by atoms with Crippen molar-refractivity contribution in [3.63, 3.8) is 0 Å². The molecule has 3 aromatic rings. The molecule has 1 aromatic carbocycles. The van der Waals surface area contributed by atoms with Crippen LogP contribution >= 0.6 is 11.3 Å². The number of anilines is 1. The number of para-hydroxylation sites is 1. The number of thiophene rings is 1. The lowest BCUT2D eigenvalue weighted by Gasteiger charge is -2.14. The van der Waals surface area contributed by atoms with Gasteiger partial charge in [-0.1, -0.05) is 12.1 Å². The average Bonchev–Trinajstić information content (AvgIpc) is 3.13. The van der Waals surface area contributed by atoms with Crippen molar-refractivity contribution >= 4 is 39.1 Å². The normalized spacial score (nSPS) is 13.6. The third-order valence-corrected chi connectivity index (χ3v) is 6.41. The van der Waals surface area contributed by atoms with Crippen LogP contribution in [0.1, 0.15) is 28.8 Å². The molecule has 11 heteroatoms. The molecule has 0 radical (unpaired) electrons. The van der Waals surface area contributed by atoms with E-state index >= 15 is 0 Å². The molecule has 0 aliphatic heterocycles. The number of carbonyl (C=O) groups excluding carboxylic acids is 2. The molecule has 0 spiro atoms. The summed E-state index contributed by atoms with van der Waals surface area (Å²) >= 11 is 1.50. The zero-order chi connectivity index (χ0) is 22.9. The SMILES string of the molecule is O=C(Cn1cnc2sc3c(c2c1=O)CCCC3)NCC(=O)Nc1ccccc1C(F)(F)F. The van der Waals surface area contributed by atoms with Crippen molar-refractivity contribution in [1.29, 1.82) is 0 Å². The maximum Gasteiger partial charge on any atom is 0.418 e. The summed E-state index contributed by atoms with van der Waals surface area (Å²) in [5.74, 6) is -1.44. The van der Waals surface area contributed by atoms with E-state index in [1.54, 1.807) is 0 Å². The van der Waals surface area contributed by atoms with E-state index in [-0.39, 0.29) is 12.1 Å². The van der Waals surface area contributed by atoms with Gasteiger partial charge in [-0.15, -0.1) is 11.3 Å². The largest absolute Gasteiger partial charge is 0.418 e. The summed E-state index contributed by atoms with van der Waals surface area (Å²) in [4.78, 5) is 43.3. The van der Waals surface area contributed by atoms with E-state index in [0.29, 0.717) is 10.2 Å². The third kappa shape index (κ3) is 4.52. The Bertz CT molecular complexity index is 1250. The first kappa shape index (κ1) is 22.0. The molecule has 2 N–H and O–H groups in total. The lowest BCUT2D eigenvalue weighted by molar-refractivity contribution is -0.137. The minimum atomic E-state index is -4.62. The average molecular weight is 464 g/mol. The number of aryl methyl sites for hydroxylation is 2. The van der Waals surface area contributed by atoms with E-state index < -0.39 is 35.8 Å². The summed E-state index contributed by atoms with van der Waals surface area (Å²) in [5, 5.41) is 5.02. The maximum atomic E-state index is 13.0. The van der Waals surface area contributed by atoms with Crippen molar-refractivity contribution in [2.75, 3.05) is 11.9 Å². The van der Waals surface area contributed by atoms with Gasteiger partial charge in [0.2, 0.25) is 11.8 Å². The van der Waals surface area contributed by atoms with Gasteiger partial charge in [-0.05, 0) is 43.4 Å². The molecule has 32 heavy (non-hydrogen) atoms. The van der Waals surface area contributed by atoms with E-state index in [2.05, 4.69) is 15.6 Å². The minimum absolute atomic E-state index is 0.312. The molecule has 0 unspecified atom stereocenters. The van der Waals surface area contributed by atoms with Gasteiger partial charge in [0.1, 0.15) is 11.4 Å². The van der Waals surface area contributed by atoms with E-state index in [1.165, 1.54) is 34.4 Å². The number of aromatic nitrogens is 2. The van der Waals surface area contributed by atoms with Crippen molar-refractivity contribution in [2.45, 2.75) is 38.4 Å². The van der Waals surface area contributed by atoms with Gasteiger partial charge in [-0.2, -0.15) is 13.2 Å². The highest BCUT2D eigenvalue weighted by Gasteiger charge is 2.33. The van der Waals surface area contributed by atoms with Gasteiger partial charge in [0.25, 0.3) is 5.56 Å². The van der Waals surface area contributed by atoms with E-state index in [1.807, 2.05) is 0 Å². The van der Waals surface area contributed by atoms with Gasteiger partial charge in [0.05, 0.1) is 29.5 Å². The Morgan fingerprint density at radius 1 is 1.12 bits per heavy atom. The van der Waals surface area contributed by atoms with E-state index in [4.69, 9.17) is 0 Å². The van der Waals surface area contributed by atoms with E-state index in [0.717, 1.165) is 48.3 Å². The predicted molar refractivity (Wildman–Crippen MR) is 114 cm³/mol. The predicted octanol–water partition coefficient (Wildman–Crippen LogP) is 3.11. The smallest absolute Gasteiger partial charge is 0.345 e. The summed E-state index contributed by atoms with van der Waals surface area (Å²) in [5.41, 5.74) is -0.684. The van der Waals surface area contributed by atoms with Crippen LogP contribution in [0.5, 0.6) is 0 Å². The zero-order valence-corrected chi connectivity index (χ0v) is 17.6. The second kappa shape index (κ2) is 8.73. The van der Waals surface area contributed by atoms with Crippen LogP contribution in [0, 0.1) is 0 Å². The summed E-state index contributed by atoms with van der Waals surface area (Å²) in [7, 11) is 0. The van der Waals surface area contributed by atoms with Gasteiger partial charge in [-0.3, -0.25) is 19.0 Å². The number of amides is 2. The number of benzene rings is 1. The topological polar surface area (TPSA) is 93.1 Å². The van der Waals surface area contributed by atoms with Crippen LogP contribution < -0.4 is 16.2 Å². The molecule has 7 nitrogen and oxygen atoms in total. The Balaban J connectivity index is 1.41. The van der Waals surface area contributed by atoms with Crippen LogP contribution in [-0.4, -0.2) is 27.9 Å². The molecule has 2 amide bonds. The second-order valence-electron chi connectivity index (χ2n) is 7.44. The summed E-state index contributed by atoms with van der Waals surface area (Å²) < 4.78 is 40.3. The Labute approximate surface area is 184 Å². The third-order valence-electron chi connectivity index (χ3n) is 5.21. The number of halogens is 3. The zero-order valence-electron chi connectivity index (χ0n) is 16.8. The molecular weight excluding hydrogens is 445 g/mol. The molecule has 1 aliphatic rings. The fourth-order valence-corrected chi connectivity index (χ4v) is 4.94. The monoisotopic (exact) mass is 464 g/mol. The molecule has 0 atom stereocenters. The molecule has 0 bridgehead atoms. The van der Waals surface area contributed by atoms with Gasteiger partial charge in [0, 0.05) is 4.88 Å². The Morgan fingerprint density at radius 3 is 2.66 bits per heavy atom. The fraction of sp³-hybridized carbons (Fsp3) is 0.333. The minimum Gasteiger partial charge on any atom is -0.345 e. The van der Waals surface area contributed by atoms with Gasteiger partial charge >= 0.3 is 6.18 Å². The first-order valence-corrected chi connectivity index (χ1v) is 10.8. The second-order valence-corrected chi connectivity index (χ2v) is 8.52. The highest BCUT2D eigenvalue weighted by molar-refractivity contribution is 7.18. The first-order valence-electron chi connectivity index (χ1n) is 9.96. The van der Waals surface area contributed by atoms with Crippen LogP contribution in [0.15, 0.2) is 35.4 Å². The van der Waals surface area contributed by atoms with Gasteiger partial charge in [0.15, 0.2) is 0 Å². The van der Waals surface area contributed by atoms with E-state index in [9.17, 15) is 27.6 Å². The summed E-state index contributed by atoms with van der Waals surface area (Å²) in [6.45, 7) is -0.887. The van der Waals surface area contributed by atoms with Crippen molar-refractivity contribution in [2.24, 2.45) is 0 Å². The highest BCUT2D eigenvalue weighted by atomic mass is 32.1. The molecular formula is C21H19F3N4O3S. The van der Waals surface area contributed by atoms with Crippen molar-refractivity contribution in [1.82, 2.24) is 14.9 Å². The molecule has 168 valence electrons. The molecule has 2 aromatic heterocycles. The molecule has 4 rings (SSSR count). The number of nitrogens with one attached hydrogen (secondary N) is 2. The number of carbonyl (C=O) groups is 2. The van der Waals surface area contributed by atoms with Crippen LogP contribution in [0.3, 0.4) is 0 Å². The van der Waals surface area contributed by atoms with Crippen LogP contribution in [0.2, 0.25) is 0 Å². The van der Waals surface area contributed by atoms with Crippen LogP contribution in [0.4, 0.5) is 18.9 Å². The summed E-state index contributed by atoms with van der Waals surface area (Å²) in [6.07, 6.45) is 0.476. The number of nitrogens with zero attached hydrogens (tertiary/aromatic N) is 2. The number of hydrogen-bond acceptors (Lipinski definition) is 5. The van der Waals surface area contributed by atoms with Crippen LogP contribution in [0.25, 0.3) is 10.2 Å². The van der Waals surface area contributed by atoms with Crippen LogP contribution in [-0.2, 0) is 35.2 Å². The number of hydrogen-bond donors (Lipinski definition) is 2. The van der Waals surface area contributed by atoms with Gasteiger partial charge in [-0.25, -0.2) is 4.98 Å². The standard InChI is InChI=1S/C21H19F3N4O3S/c22-21(23,24)13-6-2-3-7-14(13)27-16(29)9-25-17(30)10-28-11-26-19-18(20(28)31)12-5-1-4-8-15(12)32-19/h2-3,6-7,11H,1,4-5,8-10H2,(H,25,30)(H,27,29). The van der Waals surface area contributed by atoms with Crippen molar-refractivity contribution in [3.8, 4) is 0 Å². The highest BCUT2D eigenvalue weighted by Crippen LogP contribution is 2.35. The number of fused-ring (bicyclic) bond motifs is 3. The summed E-state index contributed by atoms with van der Waals surface area (Å²) in [6, 6.07) is 4.56. The number of rotatable bonds is 5. The molecule has 0 saturated carbocycles. The Hall–Kier alpha value is -3.21. The molecule has 0 fully saturated rings. The molecule has 0 saturated heterocycles. The van der Waals surface area contributed by atoms with Gasteiger partial charge < -0.3 is 10.6 Å². The maximum absolute atomic E-state index is 13.0. The lowest BCUT2D eigenvalue weighted by Crippen LogP contribution is -2.37. The van der Waals surface area contributed by atoms with Crippen molar-refractivity contribution < 1.29 is 22.8 Å². The number of alkyl halides is 3. The molecule has 2 heterocycles.